The summed E-state index contributed by atoms with van der Waals surface area (Å²) >= 11 is 0. The van der Waals surface area contributed by atoms with Crippen molar-refractivity contribution in [1.29, 1.82) is 0 Å². The van der Waals surface area contributed by atoms with Crippen LogP contribution in [0.1, 0.15) is 54.9 Å². The monoisotopic (exact) mass is 413 g/mol. The van der Waals surface area contributed by atoms with Crippen LogP contribution in [0.3, 0.4) is 0 Å². The lowest BCUT2D eigenvalue weighted by Crippen LogP contribution is -2.23. The normalized spacial score (nSPS) is 23.2. The van der Waals surface area contributed by atoms with Crippen molar-refractivity contribution in [3.05, 3.63) is 34.5 Å². The highest BCUT2D eigenvalue weighted by Crippen LogP contribution is 2.43. The van der Waals surface area contributed by atoms with Crippen molar-refractivity contribution < 1.29 is 13.7 Å². The van der Waals surface area contributed by atoms with E-state index in [2.05, 4.69) is 34.7 Å². The Morgan fingerprint density at radius 1 is 1.31 bits per heavy atom. The number of anilines is 1. The van der Waals surface area contributed by atoms with Gasteiger partial charge in [0, 0.05) is 17.8 Å². The second-order valence-electron chi connectivity index (χ2n) is 8.44. The molecular formula is C21H25N4O3S-. The molecule has 3 aliphatic rings. The van der Waals surface area contributed by atoms with E-state index in [1.54, 1.807) is 4.68 Å². The summed E-state index contributed by atoms with van der Waals surface area (Å²) in [7, 11) is -1.86. The Bertz CT molecular complexity index is 1080. The van der Waals surface area contributed by atoms with Gasteiger partial charge in [0.15, 0.2) is 5.88 Å². The summed E-state index contributed by atoms with van der Waals surface area (Å²) < 4.78 is 24.0. The maximum absolute atomic E-state index is 12.7. The number of amides is 2. The Kier molecular flexibility index (Phi) is 4.61. The molecule has 154 valence electrons. The molecule has 29 heavy (non-hydrogen) atoms. The number of carbonyl (C=O) groups is 1. The highest BCUT2D eigenvalue weighted by molar-refractivity contribution is 7.75. The van der Waals surface area contributed by atoms with Gasteiger partial charge >= 0.3 is 6.03 Å². The summed E-state index contributed by atoms with van der Waals surface area (Å²) in [5, 5.41) is 7.22. The number of urea groups is 1. The third-order valence-corrected chi connectivity index (χ3v) is 7.19. The molecule has 8 heteroatoms. The third kappa shape index (κ3) is 3.23. The van der Waals surface area contributed by atoms with E-state index in [0.717, 1.165) is 37.8 Å². The summed E-state index contributed by atoms with van der Waals surface area (Å²) in [4.78, 5) is 13.1. The van der Waals surface area contributed by atoms with Crippen molar-refractivity contribution in [3.63, 3.8) is 0 Å². The minimum atomic E-state index is -1.86. The molecule has 0 spiro atoms. The van der Waals surface area contributed by atoms with Crippen LogP contribution < -0.4 is 10.1 Å². The fourth-order valence-corrected chi connectivity index (χ4v) is 5.57. The molecule has 5 rings (SSSR count). The van der Waals surface area contributed by atoms with Gasteiger partial charge in [-0.15, -0.1) is 10.6 Å². The summed E-state index contributed by atoms with van der Waals surface area (Å²) in [5.74, 6) is 1.20. The van der Waals surface area contributed by atoms with E-state index in [-0.39, 0.29) is 0 Å². The lowest BCUT2D eigenvalue weighted by atomic mass is 9.95. The minimum Gasteiger partial charge on any atom is -0.479 e. The number of carbonyl (C=O) groups excluding carboxylic acids is 1. The molecule has 0 fully saturated rings. The lowest BCUT2D eigenvalue weighted by Gasteiger charge is -2.22. The molecule has 2 aliphatic carbocycles. The van der Waals surface area contributed by atoms with Gasteiger partial charge in [-0.05, 0) is 65.2 Å². The van der Waals surface area contributed by atoms with Gasteiger partial charge in [0.25, 0.3) is 0 Å². The smallest absolute Gasteiger partial charge is 0.322 e. The SMILES string of the molecule is C[C@@H]1COc2c([S-](=O)=NC(=O)Nc3c4c(cc5c3[C@H](C)CC5)CCC4)cnn2C1. The number of benzene rings is 1. The maximum Gasteiger partial charge on any atom is 0.322 e. The predicted molar refractivity (Wildman–Crippen MR) is 110 cm³/mol. The molecule has 1 aromatic carbocycles. The molecule has 1 N–H and O–H groups in total. The number of nitrogens with zero attached hydrogens (tertiary/aromatic N) is 3. The van der Waals surface area contributed by atoms with Crippen LogP contribution in [0.15, 0.2) is 21.5 Å². The van der Waals surface area contributed by atoms with Crippen molar-refractivity contribution in [2.45, 2.75) is 63.3 Å². The highest BCUT2D eigenvalue weighted by atomic mass is 32.2. The Balaban J connectivity index is 1.44. The topological polar surface area (TPSA) is 85.6 Å². The Morgan fingerprint density at radius 2 is 2.17 bits per heavy atom. The van der Waals surface area contributed by atoms with E-state index in [0.29, 0.717) is 35.8 Å². The molecule has 0 radical (unpaired) electrons. The molecule has 1 aliphatic heterocycles. The average molecular weight is 414 g/mol. The molecule has 1 aromatic heterocycles. The van der Waals surface area contributed by atoms with Crippen molar-refractivity contribution in [2.24, 2.45) is 10.3 Å². The summed E-state index contributed by atoms with van der Waals surface area (Å²) in [6.45, 7) is 5.52. The van der Waals surface area contributed by atoms with E-state index in [9.17, 15) is 9.00 Å². The van der Waals surface area contributed by atoms with Gasteiger partial charge < -0.3 is 18.6 Å². The Morgan fingerprint density at radius 3 is 3.03 bits per heavy atom. The minimum absolute atomic E-state index is 0.341. The van der Waals surface area contributed by atoms with Crippen LogP contribution >= 0.6 is 0 Å². The fraction of sp³-hybridized carbons (Fsp3) is 0.524. The number of fused-ring (bicyclic) bond motifs is 3. The molecule has 0 saturated carbocycles. The molecule has 0 bridgehead atoms. The van der Waals surface area contributed by atoms with Gasteiger partial charge in [-0.25, -0.2) is 9.48 Å². The van der Waals surface area contributed by atoms with Crippen molar-refractivity contribution in [1.82, 2.24) is 9.78 Å². The first-order chi connectivity index (χ1) is 14.0. The van der Waals surface area contributed by atoms with Crippen LogP contribution in [0.5, 0.6) is 5.88 Å². The van der Waals surface area contributed by atoms with Crippen LogP contribution in [0.25, 0.3) is 0 Å². The first-order valence-electron chi connectivity index (χ1n) is 10.3. The Labute approximate surface area is 172 Å². The Hall–Kier alpha value is -2.35. The average Bonchev–Trinajstić information content (AvgIpc) is 3.39. The van der Waals surface area contributed by atoms with E-state index >= 15 is 0 Å². The second kappa shape index (κ2) is 7.16. The van der Waals surface area contributed by atoms with Crippen molar-refractivity contribution in [3.8, 4) is 5.88 Å². The fourth-order valence-electron chi connectivity index (χ4n) is 4.83. The van der Waals surface area contributed by atoms with Crippen molar-refractivity contribution >= 4 is 22.3 Å². The van der Waals surface area contributed by atoms with Crippen LogP contribution in [0.2, 0.25) is 0 Å². The van der Waals surface area contributed by atoms with E-state index in [4.69, 9.17) is 4.74 Å². The quantitative estimate of drug-likeness (QED) is 0.748. The molecular weight excluding hydrogens is 388 g/mol. The summed E-state index contributed by atoms with van der Waals surface area (Å²) in [5.41, 5.74) is 6.05. The van der Waals surface area contributed by atoms with Gasteiger partial charge in [-0.2, -0.15) is 5.10 Å². The zero-order chi connectivity index (χ0) is 20.1. The zero-order valence-corrected chi connectivity index (χ0v) is 17.6. The predicted octanol–water partition coefficient (Wildman–Crippen LogP) is 4.19. The molecule has 2 heterocycles. The summed E-state index contributed by atoms with van der Waals surface area (Å²) in [6.07, 6.45) is 6.77. The number of aromatic nitrogens is 2. The standard InChI is InChI=1S/C21H25N4O3S/c1-12-10-25-20(28-11-12)17(9-22-25)29(27)24-21(26)23-19-16-5-3-4-14(16)8-15-7-6-13(2)18(15)19/h8-9,12-13H,3-7,10-11H2,1-2H3,(H,23,26)/q-1/t12-,13+/m0/s1. The van der Waals surface area contributed by atoms with Crippen LogP contribution in [-0.4, -0.2) is 22.4 Å². The van der Waals surface area contributed by atoms with Gasteiger partial charge in [0.2, 0.25) is 0 Å². The summed E-state index contributed by atoms with van der Waals surface area (Å²) in [6, 6.07) is 1.75. The number of ether oxygens (including phenoxy) is 1. The van der Waals surface area contributed by atoms with Crippen LogP contribution in [0.4, 0.5) is 10.5 Å². The van der Waals surface area contributed by atoms with Gasteiger partial charge in [-0.1, -0.05) is 19.9 Å². The lowest BCUT2D eigenvalue weighted by molar-refractivity contribution is 0.171. The molecule has 7 nitrogen and oxygen atoms in total. The molecule has 2 atom stereocenters. The number of aryl methyl sites for hydroxylation is 2. The number of rotatable bonds is 2. The molecule has 2 aromatic rings. The number of hydrogen-bond acceptors (Lipinski definition) is 5. The zero-order valence-electron chi connectivity index (χ0n) is 16.7. The molecule has 2 amide bonds. The van der Waals surface area contributed by atoms with Crippen LogP contribution in [-0.2, 0) is 40.6 Å². The third-order valence-electron chi connectivity index (χ3n) is 6.20. The van der Waals surface area contributed by atoms with E-state index < -0.39 is 16.6 Å². The highest BCUT2D eigenvalue weighted by Gasteiger charge is 2.28. The number of nitrogens with one attached hydrogen (secondary N) is 1. The largest absolute Gasteiger partial charge is 0.479 e. The molecule has 0 saturated heterocycles. The van der Waals surface area contributed by atoms with E-state index in [1.807, 2.05) is 0 Å². The first kappa shape index (κ1) is 18.7. The van der Waals surface area contributed by atoms with Crippen molar-refractivity contribution in [2.75, 3.05) is 11.9 Å². The van der Waals surface area contributed by atoms with E-state index in [1.165, 1.54) is 28.5 Å². The maximum atomic E-state index is 12.7. The number of hydrogen-bond donors (Lipinski definition) is 1. The molecule has 0 unspecified atom stereocenters. The van der Waals surface area contributed by atoms with Gasteiger partial charge in [0.05, 0.1) is 13.2 Å². The second-order valence-corrected chi connectivity index (χ2v) is 9.56. The van der Waals surface area contributed by atoms with Gasteiger partial charge in [0.1, 0.15) is 0 Å². The van der Waals surface area contributed by atoms with Crippen LogP contribution in [0, 0.1) is 5.92 Å². The first-order valence-corrected chi connectivity index (χ1v) is 11.4. The van der Waals surface area contributed by atoms with Gasteiger partial charge in [-0.3, -0.25) is 0 Å².